The lowest BCUT2D eigenvalue weighted by Gasteiger charge is -2.11. The Hall–Kier alpha value is -3.13. The van der Waals surface area contributed by atoms with Gasteiger partial charge in [0.15, 0.2) is 0 Å². The molecular formula is C22H24N4O3S. The van der Waals surface area contributed by atoms with E-state index < -0.39 is 5.25 Å². The monoisotopic (exact) mass is 424 g/mol. The molecule has 0 radical (unpaired) electrons. The Morgan fingerprint density at radius 1 is 1.10 bits per heavy atom. The lowest BCUT2D eigenvalue weighted by atomic mass is 10.2. The molecule has 1 unspecified atom stereocenters. The van der Waals surface area contributed by atoms with Gasteiger partial charge in [0.05, 0.1) is 0 Å². The average Bonchev–Trinajstić information content (AvgIpc) is 3.22. The second-order valence-electron chi connectivity index (χ2n) is 6.71. The molecule has 0 saturated carbocycles. The fraction of sp³-hybridized carbons (Fsp3) is 0.273. The van der Waals surface area contributed by atoms with Crippen molar-refractivity contribution in [3.8, 4) is 11.3 Å². The summed E-state index contributed by atoms with van der Waals surface area (Å²) in [5.74, 6) is -0.340. The topological polar surface area (TPSA) is 97.0 Å². The maximum Gasteiger partial charge on any atom is 0.319 e. The van der Waals surface area contributed by atoms with Crippen molar-refractivity contribution in [1.82, 2.24) is 15.4 Å². The lowest BCUT2D eigenvalue weighted by Crippen LogP contribution is -2.17. The molecule has 0 saturated heterocycles. The number of nitrogens with zero attached hydrogens (tertiary/aromatic N) is 2. The molecule has 30 heavy (non-hydrogen) atoms. The minimum atomic E-state index is -0.440. The van der Waals surface area contributed by atoms with E-state index in [1.54, 1.807) is 19.1 Å². The highest BCUT2D eigenvalue weighted by Crippen LogP contribution is 2.30. The van der Waals surface area contributed by atoms with Crippen LogP contribution in [0.5, 0.6) is 0 Å². The summed E-state index contributed by atoms with van der Waals surface area (Å²) in [5, 5.41) is 14.0. The zero-order valence-electron chi connectivity index (χ0n) is 16.9. The maximum absolute atomic E-state index is 12.4. The Labute approximate surface area is 179 Å². The largest absolute Gasteiger partial charge is 0.460 e. The summed E-state index contributed by atoms with van der Waals surface area (Å²) in [6.07, 6.45) is 1.30. The number of nitrogens with one attached hydrogen (secondary N) is 2. The third kappa shape index (κ3) is 5.93. The van der Waals surface area contributed by atoms with Gasteiger partial charge in [-0.1, -0.05) is 61.2 Å². The van der Waals surface area contributed by atoms with Gasteiger partial charge in [-0.25, -0.2) is 0 Å². The first kappa shape index (κ1) is 21.6. The van der Waals surface area contributed by atoms with Gasteiger partial charge in [-0.15, -0.1) is 5.10 Å². The number of rotatable bonds is 9. The number of benzene rings is 2. The number of thioether (sulfide) groups is 1. The summed E-state index contributed by atoms with van der Waals surface area (Å²) in [5.41, 5.74) is 3.22. The Balaban J connectivity index is 1.52. The van der Waals surface area contributed by atoms with Gasteiger partial charge in [0.1, 0.15) is 22.6 Å². The number of amides is 1. The van der Waals surface area contributed by atoms with E-state index in [2.05, 4.69) is 20.7 Å². The second-order valence-corrected chi connectivity index (χ2v) is 8.04. The Morgan fingerprint density at radius 2 is 1.83 bits per heavy atom. The molecule has 0 spiro atoms. The summed E-state index contributed by atoms with van der Waals surface area (Å²) in [7, 11) is 0. The standard InChI is InChI=1S/C22H24N4O3S/c1-3-7-19(27)23-18-12-10-16(11-13-18)14-29-22(28)15(2)30-21-20(24-26-25-21)17-8-5-4-6-9-17/h4-6,8-13,15H,3,7,14H2,1-2H3,(H,23,27)(H,24,25,26). The second kappa shape index (κ2) is 10.6. The molecule has 1 amide bonds. The average molecular weight is 425 g/mol. The van der Waals surface area contributed by atoms with Crippen LogP contribution in [0.3, 0.4) is 0 Å². The highest BCUT2D eigenvalue weighted by Gasteiger charge is 2.21. The van der Waals surface area contributed by atoms with Crippen LogP contribution >= 0.6 is 11.8 Å². The molecule has 3 aromatic rings. The third-order valence-corrected chi connectivity index (χ3v) is 5.33. The molecule has 0 aliphatic rings. The molecule has 0 fully saturated rings. The molecule has 2 N–H and O–H groups in total. The Morgan fingerprint density at radius 3 is 2.53 bits per heavy atom. The number of carbonyl (C=O) groups excluding carboxylic acids is 2. The molecule has 1 heterocycles. The predicted molar refractivity (Wildman–Crippen MR) is 117 cm³/mol. The summed E-state index contributed by atoms with van der Waals surface area (Å²) in [4.78, 5) is 24.1. The van der Waals surface area contributed by atoms with E-state index in [1.165, 1.54) is 11.8 Å². The van der Waals surface area contributed by atoms with Crippen molar-refractivity contribution in [3.63, 3.8) is 0 Å². The van der Waals surface area contributed by atoms with Gasteiger partial charge >= 0.3 is 5.97 Å². The molecule has 7 nitrogen and oxygen atoms in total. The number of aromatic nitrogens is 3. The van der Waals surface area contributed by atoms with Crippen molar-refractivity contribution in [1.29, 1.82) is 0 Å². The number of H-pyrrole nitrogens is 1. The van der Waals surface area contributed by atoms with Crippen LogP contribution < -0.4 is 5.32 Å². The molecule has 0 aliphatic carbocycles. The van der Waals surface area contributed by atoms with Crippen molar-refractivity contribution in [2.24, 2.45) is 0 Å². The third-order valence-electron chi connectivity index (χ3n) is 4.28. The first-order chi connectivity index (χ1) is 14.6. The maximum atomic E-state index is 12.4. The zero-order valence-corrected chi connectivity index (χ0v) is 17.7. The van der Waals surface area contributed by atoms with Crippen LogP contribution in [-0.2, 0) is 20.9 Å². The minimum Gasteiger partial charge on any atom is -0.460 e. The van der Waals surface area contributed by atoms with Crippen LogP contribution in [-0.4, -0.2) is 32.5 Å². The molecule has 1 aromatic heterocycles. The summed E-state index contributed by atoms with van der Waals surface area (Å²) in [6.45, 7) is 3.90. The molecule has 3 rings (SSSR count). The van der Waals surface area contributed by atoms with Crippen molar-refractivity contribution in [2.45, 2.75) is 43.6 Å². The molecule has 156 valence electrons. The molecule has 2 aromatic carbocycles. The number of carbonyl (C=O) groups is 2. The molecule has 0 aliphatic heterocycles. The smallest absolute Gasteiger partial charge is 0.319 e. The van der Waals surface area contributed by atoms with Gasteiger partial charge in [-0.3, -0.25) is 9.59 Å². The van der Waals surface area contributed by atoms with Crippen LogP contribution in [0, 0.1) is 0 Å². The van der Waals surface area contributed by atoms with Crippen molar-refractivity contribution < 1.29 is 14.3 Å². The van der Waals surface area contributed by atoms with Gasteiger partial charge in [0.25, 0.3) is 0 Å². The van der Waals surface area contributed by atoms with Crippen LogP contribution in [0.4, 0.5) is 5.69 Å². The Kier molecular flexibility index (Phi) is 7.62. The van der Waals surface area contributed by atoms with E-state index in [4.69, 9.17) is 4.74 Å². The Bertz CT molecular complexity index is 974. The lowest BCUT2D eigenvalue weighted by molar-refractivity contribution is -0.143. The summed E-state index contributed by atoms with van der Waals surface area (Å²) < 4.78 is 5.44. The molecule has 1 atom stereocenters. The number of hydrogen-bond acceptors (Lipinski definition) is 6. The fourth-order valence-electron chi connectivity index (χ4n) is 2.71. The highest BCUT2D eigenvalue weighted by molar-refractivity contribution is 8.00. The van der Waals surface area contributed by atoms with Crippen LogP contribution in [0.1, 0.15) is 32.3 Å². The van der Waals surface area contributed by atoms with Gasteiger partial charge in [0.2, 0.25) is 5.91 Å². The number of anilines is 1. The number of esters is 1. The van der Waals surface area contributed by atoms with E-state index in [1.807, 2.05) is 49.4 Å². The van der Waals surface area contributed by atoms with E-state index in [9.17, 15) is 9.59 Å². The normalized spacial score (nSPS) is 11.7. The van der Waals surface area contributed by atoms with Crippen molar-refractivity contribution in [3.05, 3.63) is 60.2 Å². The minimum absolute atomic E-state index is 0.00902. The van der Waals surface area contributed by atoms with Gasteiger partial charge in [0, 0.05) is 17.7 Å². The molecule has 8 heteroatoms. The molecule has 0 bridgehead atoms. The SMILES string of the molecule is CCCC(=O)Nc1ccc(COC(=O)C(C)Sc2n[nH]nc2-c2ccccc2)cc1. The van der Waals surface area contributed by atoms with E-state index in [0.717, 1.165) is 23.2 Å². The van der Waals surface area contributed by atoms with E-state index >= 15 is 0 Å². The van der Waals surface area contributed by atoms with Gasteiger partial charge in [-0.05, 0) is 31.0 Å². The van der Waals surface area contributed by atoms with Crippen LogP contribution in [0.15, 0.2) is 59.6 Å². The van der Waals surface area contributed by atoms with Crippen LogP contribution in [0.2, 0.25) is 0 Å². The van der Waals surface area contributed by atoms with Crippen molar-refractivity contribution in [2.75, 3.05) is 5.32 Å². The van der Waals surface area contributed by atoms with E-state index in [-0.39, 0.29) is 18.5 Å². The van der Waals surface area contributed by atoms with Gasteiger partial charge < -0.3 is 10.1 Å². The van der Waals surface area contributed by atoms with E-state index in [0.29, 0.717) is 17.1 Å². The number of hydrogen-bond donors (Lipinski definition) is 2. The molecular weight excluding hydrogens is 400 g/mol. The highest BCUT2D eigenvalue weighted by atomic mass is 32.2. The number of ether oxygens (including phenoxy) is 1. The number of aromatic amines is 1. The van der Waals surface area contributed by atoms with Gasteiger partial charge in [-0.2, -0.15) is 10.3 Å². The van der Waals surface area contributed by atoms with Crippen LogP contribution in [0.25, 0.3) is 11.3 Å². The zero-order chi connectivity index (χ0) is 21.3. The quantitative estimate of drug-likeness (QED) is 0.389. The fourth-order valence-corrected chi connectivity index (χ4v) is 3.58. The predicted octanol–water partition coefficient (Wildman–Crippen LogP) is 4.43. The summed E-state index contributed by atoms with van der Waals surface area (Å²) in [6, 6.07) is 16.9. The first-order valence-corrected chi connectivity index (χ1v) is 10.6. The summed E-state index contributed by atoms with van der Waals surface area (Å²) >= 11 is 1.30. The van der Waals surface area contributed by atoms with Crippen molar-refractivity contribution >= 4 is 29.3 Å². The first-order valence-electron chi connectivity index (χ1n) is 9.75.